The van der Waals surface area contributed by atoms with E-state index in [9.17, 15) is 18.0 Å². The van der Waals surface area contributed by atoms with Crippen LogP contribution in [-0.2, 0) is 19.7 Å². The van der Waals surface area contributed by atoms with Crippen molar-refractivity contribution in [2.75, 3.05) is 0 Å². The van der Waals surface area contributed by atoms with Gasteiger partial charge in [-0.3, -0.25) is 14.1 Å². The lowest BCUT2D eigenvalue weighted by atomic mass is 10.3. The first-order chi connectivity index (χ1) is 6.66. The molecular formula is C4H10N2O9S. The van der Waals surface area contributed by atoms with E-state index >= 15 is 0 Å². The molecule has 0 amide bonds. The molecule has 0 bridgehead atoms. The second-order valence-corrected chi connectivity index (χ2v) is 3.62. The number of hydrogen-bond donors (Lipinski definition) is 5. The van der Waals surface area contributed by atoms with Gasteiger partial charge in [-0.2, -0.15) is 8.42 Å². The van der Waals surface area contributed by atoms with Crippen molar-refractivity contribution >= 4 is 22.1 Å². The number of nitrogens with zero attached hydrogens (tertiary/aromatic N) is 1. The fraction of sp³-hybridized carbons (Fsp3) is 0.500. The number of aliphatic carboxylic acids is 2. The van der Waals surface area contributed by atoms with E-state index in [1.54, 1.807) is 0 Å². The second kappa shape index (κ2) is 8.51. The van der Waals surface area contributed by atoms with Crippen molar-refractivity contribution in [3.63, 3.8) is 0 Å². The first-order valence-electron chi connectivity index (χ1n) is 3.04. The molecular weight excluding hydrogens is 252 g/mol. The van der Waals surface area contributed by atoms with Crippen molar-refractivity contribution in [1.82, 2.24) is 6.15 Å². The summed E-state index contributed by atoms with van der Waals surface area (Å²) in [5, 5.41) is 21.8. The highest BCUT2D eigenvalue weighted by atomic mass is 32.2. The quantitative estimate of drug-likeness (QED) is 0.239. The Morgan fingerprint density at radius 1 is 1.25 bits per heavy atom. The predicted octanol–water partition coefficient (Wildman–Crippen LogP) is -0.894. The van der Waals surface area contributed by atoms with Crippen molar-refractivity contribution in [3.05, 3.63) is 4.91 Å². The zero-order valence-corrected chi connectivity index (χ0v) is 8.49. The van der Waals surface area contributed by atoms with E-state index < -0.39 is 33.7 Å². The molecule has 12 heteroatoms. The largest absolute Gasteiger partial charge is 0.481 e. The Kier molecular flexibility index (Phi) is 10.5. The highest BCUT2D eigenvalue weighted by Crippen LogP contribution is 2.04. The highest BCUT2D eigenvalue weighted by molar-refractivity contribution is 7.87. The summed E-state index contributed by atoms with van der Waals surface area (Å²) in [7, 11) is -4.84. The molecule has 0 aliphatic heterocycles. The first-order valence-corrected chi connectivity index (χ1v) is 4.54. The summed E-state index contributed by atoms with van der Waals surface area (Å²) in [5.41, 5.74) is 0. The first kappa shape index (κ1) is 19.7. The van der Waals surface area contributed by atoms with Gasteiger partial charge in [0.05, 0.1) is 6.42 Å². The van der Waals surface area contributed by atoms with Crippen LogP contribution in [0.3, 0.4) is 0 Å². The van der Waals surface area contributed by atoms with Crippen LogP contribution in [0, 0.1) is 4.91 Å². The van der Waals surface area contributed by atoms with Gasteiger partial charge in [-0.15, -0.1) is 4.91 Å². The number of carbonyl (C=O) groups is 2. The Hall–Kier alpha value is -1.79. The smallest absolute Gasteiger partial charge is 0.325 e. The maximum atomic E-state index is 10.2. The van der Waals surface area contributed by atoms with E-state index in [1.165, 1.54) is 5.34 Å². The van der Waals surface area contributed by atoms with Crippen LogP contribution in [0.5, 0.6) is 0 Å². The Morgan fingerprint density at radius 3 is 1.62 bits per heavy atom. The molecule has 0 aromatic carbocycles. The SMILES string of the molecule is N.O=C(O)CC(C(=O)O)S(=O)(=O)O.O=NO. The fourth-order valence-electron chi connectivity index (χ4n) is 0.479. The molecule has 0 aliphatic rings. The van der Waals surface area contributed by atoms with Crippen molar-refractivity contribution in [1.29, 1.82) is 0 Å². The molecule has 0 aliphatic carbocycles. The van der Waals surface area contributed by atoms with Gasteiger partial charge in [0, 0.05) is 0 Å². The molecule has 16 heavy (non-hydrogen) atoms. The zero-order chi connectivity index (χ0) is 12.6. The number of carboxylic acid groups (broad SMARTS) is 2. The van der Waals surface area contributed by atoms with Crippen LogP contribution in [0.25, 0.3) is 0 Å². The Morgan fingerprint density at radius 2 is 1.56 bits per heavy atom. The summed E-state index contributed by atoms with van der Waals surface area (Å²) in [6, 6.07) is 0. The molecule has 1 unspecified atom stereocenters. The average Bonchev–Trinajstić information content (AvgIpc) is 1.98. The van der Waals surface area contributed by atoms with E-state index in [1.807, 2.05) is 0 Å². The van der Waals surface area contributed by atoms with E-state index in [0.29, 0.717) is 0 Å². The van der Waals surface area contributed by atoms with Crippen molar-refractivity contribution in [2.24, 2.45) is 5.34 Å². The molecule has 0 saturated heterocycles. The third-order valence-corrected chi connectivity index (χ3v) is 2.08. The molecule has 0 saturated carbocycles. The highest BCUT2D eigenvalue weighted by Gasteiger charge is 2.33. The summed E-state index contributed by atoms with van der Waals surface area (Å²) < 4.78 is 28.7. The Bertz CT molecular complexity index is 335. The van der Waals surface area contributed by atoms with Crippen LogP contribution in [-0.4, -0.2) is 45.6 Å². The minimum absolute atomic E-state index is 0. The molecule has 0 aromatic rings. The minimum atomic E-state index is -4.84. The van der Waals surface area contributed by atoms with Crippen molar-refractivity contribution in [2.45, 2.75) is 11.7 Å². The molecule has 0 radical (unpaired) electrons. The van der Waals surface area contributed by atoms with E-state index in [4.69, 9.17) is 24.9 Å². The van der Waals surface area contributed by atoms with Gasteiger partial charge in [0.15, 0.2) is 10.6 Å². The maximum absolute atomic E-state index is 10.2. The topological polar surface area (TPSA) is 214 Å². The van der Waals surface area contributed by atoms with Crippen LogP contribution in [0.4, 0.5) is 0 Å². The third kappa shape index (κ3) is 10.3. The van der Waals surface area contributed by atoms with E-state index in [-0.39, 0.29) is 6.15 Å². The summed E-state index contributed by atoms with van der Waals surface area (Å²) in [5.74, 6) is -3.50. The van der Waals surface area contributed by atoms with Crippen LogP contribution in [0.15, 0.2) is 5.34 Å². The maximum Gasteiger partial charge on any atom is 0.325 e. The van der Waals surface area contributed by atoms with Crippen LogP contribution in [0.1, 0.15) is 6.42 Å². The summed E-state index contributed by atoms with van der Waals surface area (Å²) >= 11 is 0. The van der Waals surface area contributed by atoms with Crippen LogP contribution >= 0.6 is 0 Å². The van der Waals surface area contributed by atoms with E-state index in [2.05, 4.69) is 0 Å². The van der Waals surface area contributed by atoms with Gasteiger partial charge < -0.3 is 21.6 Å². The Labute approximate surface area is 89.0 Å². The third-order valence-electron chi connectivity index (χ3n) is 0.995. The number of rotatable bonds is 4. The van der Waals surface area contributed by atoms with Gasteiger partial charge >= 0.3 is 11.9 Å². The Balaban J connectivity index is -0.000000377. The summed E-state index contributed by atoms with van der Waals surface area (Å²) in [4.78, 5) is 28.1. The predicted molar refractivity (Wildman–Crippen MR) is 47.8 cm³/mol. The second-order valence-electron chi connectivity index (χ2n) is 2.02. The molecule has 1 atom stereocenters. The molecule has 0 aromatic heterocycles. The molecule has 11 nitrogen and oxygen atoms in total. The fourth-order valence-corrected chi connectivity index (χ4v) is 1.09. The van der Waals surface area contributed by atoms with Crippen LogP contribution in [0.2, 0.25) is 0 Å². The molecule has 96 valence electrons. The monoisotopic (exact) mass is 262 g/mol. The van der Waals surface area contributed by atoms with Gasteiger partial charge in [0.2, 0.25) is 0 Å². The number of hydrogen-bond acceptors (Lipinski definition) is 7. The van der Waals surface area contributed by atoms with Gasteiger partial charge in [-0.25, -0.2) is 0 Å². The molecule has 0 heterocycles. The van der Waals surface area contributed by atoms with Gasteiger partial charge in [-0.05, 0) is 0 Å². The van der Waals surface area contributed by atoms with Gasteiger partial charge in [-0.1, -0.05) is 0 Å². The molecule has 0 rings (SSSR count). The van der Waals surface area contributed by atoms with Gasteiger partial charge in [0.25, 0.3) is 10.1 Å². The number of carboxylic acids is 2. The molecule has 0 fully saturated rings. The van der Waals surface area contributed by atoms with Crippen molar-refractivity contribution < 1.29 is 38.0 Å². The lowest BCUT2D eigenvalue weighted by Crippen LogP contribution is -2.31. The zero-order valence-electron chi connectivity index (χ0n) is 7.68. The average molecular weight is 262 g/mol. The molecule has 0 spiro atoms. The normalized spacial score (nSPS) is 11.1. The lowest BCUT2D eigenvalue weighted by Gasteiger charge is -2.04. The van der Waals surface area contributed by atoms with Crippen molar-refractivity contribution in [3.8, 4) is 0 Å². The van der Waals surface area contributed by atoms with E-state index in [0.717, 1.165) is 0 Å². The van der Waals surface area contributed by atoms with Crippen LogP contribution < -0.4 is 6.15 Å². The standard InChI is InChI=1S/C4H6O7S.HNO2.H3N/c5-3(6)1-2(4(7)8)12(9,10)11;2-1-3;/h2H,1H2,(H,5,6)(H,7,8)(H,9,10,11);(H,2,3);1H3. The van der Waals surface area contributed by atoms with Gasteiger partial charge in [0.1, 0.15) is 0 Å². The molecule has 7 N–H and O–H groups in total. The lowest BCUT2D eigenvalue weighted by molar-refractivity contribution is -0.143. The summed E-state index contributed by atoms with van der Waals surface area (Å²) in [6.07, 6.45) is -1.16. The minimum Gasteiger partial charge on any atom is -0.481 e. The summed E-state index contributed by atoms with van der Waals surface area (Å²) in [6.45, 7) is 0.